The number of primary sulfonamides is 1. The highest BCUT2D eigenvalue weighted by Crippen LogP contribution is 2.32. The Hall–Kier alpha value is -3.25. The van der Waals surface area contributed by atoms with E-state index in [2.05, 4.69) is 10.1 Å². The first kappa shape index (κ1) is 22.4. The summed E-state index contributed by atoms with van der Waals surface area (Å²) in [7, 11) is -4.04. The third kappa shape index (κ3) is 5.09. The van der Waals surface area contributed by atoms with Gasteiger partial charge < -0.3 is 9.26 Å². The third-order valence-corrected chi connectivity index (χ3v) is 5.30. The largest absolute Gasteiger partial charge is 0.449 e. The van der Waals surface area contributed by atoms with Crippen molar-refractivity contribution in [2.24, 2.45) is 5.14 Å². The molecule has 0 radical (unpaired) electrons. The van der Waals surface area contributed by atoms with Crippen LogP contribution in [0, 0.1) is 6.92 Å². The number of aromatic nitrogens is 2. The minimum Gasteiger partial charge on any atom is -0.449 e. The van der Waals surface area contributed by atoms with E-state index in [1.165, 1.54) is 38.1 Å². The summed E-state index contributed by atoms with van der Waals surface area (Å²) < 4.78 is 72.1. The highest BCUT2D eigenvalue weighted by molar-refractivity contribution is 7.89. The van der Waals surface area contributed by atoms with Gasteiger partial charge in [-0.25, -0.2) is 18.4 Å². The summed E-state index contributed by atoms with van der Waals surface area (Å²) in [5.74, 6) is -1.15. The molecule has 3 rings (SSSR count). The standard InChI is InChI=1S/C19H16F3N3O5S/c1-10-6-7-13(9-15(10)31(23,27)28)18(26)29-11(2)17-24-16(25-30-17)12-4-3-5-14(8-12)19(20,21)22/h3-9,11H,1-2H3,(H2,23,27,28). The summed E-state index contributed by atoms with van der Waals surface area (Å²) in [6.07, 6.45) is -5.59. The lowest BCUT2D eigenvalue weighted by Crippen LogP contribution is -2.16. The minimum absolute atomic E-state index is 0.0691. The van der Waals surface area contributed by atoms with Crippen molar-refractivity contribution < 1.29 is 35.6 Å². The summed E-state index contributed by atoms with van der Waals surface area (Å²) in [4.78, 5) is 16.1. The van der Waals surface area contributed by atoms with Gasteiger partial charge in [-0.2, -0.15) is 18.2 Å². The molecule has 8 nitrogen and oxygen atoms in total. The van der Waals surface area contributed by atoms with Gasteiger partial charge in [-0.3, -0.25) is 0 Å². The average Bonchev–Trinajstić information content (AvgIpc) is 3.17. The molecule has 0 aliphatic heterocycles. The Balaban J connectivity index is 1.79. The van der Waals surface area contributed by atoms with Gasteiger partial charge in [-0.1, -0.05) is 23.4 Å². The number of benzene rings is 2. The number of carbonyl (C=O) groups excluding carboxylic acids is 1. The number of ether oxygens (including phenoxy) is 1. The number of alkyl halides is 3. The fraction of sp³-hybridized carbons (Fsp3) is 0.211. The van der Waals surface area contributed by atoms with Gasteiger partial charge in [-0.15, -0.1) is 0 Å². The summed E-state index contributed by atoms with van der Waals surface area (Å²) in [6, 6.07) is 8.21. The van der Waals surface area contributed by atoms with E-state index in [4.69, 9.17) is 14.4 Å². The fourth-order valence-electron chi connectivity index (χ4n) is 2.66. The SMILES string of the molecule is Cc1ccc(C(=O)OC(C)c2nc(-c3cccc(C(F)(F)F)c3)no2)cc1S(N)(=O)=O. The van der Waals surface area contributed by atoms with Crippen LogP contribution in [0.4, 0.5) is 13.2 Å². The fourth-order valence-corrected chi connectivity index (χ4v) is 3.47. The first-order valence-corrected chi connectivity index (χ1v) is 10.3. The van der Waals surface area contributed by atoms with Crippen LogP contribution in [0.25, 0.3) is 11.4 Å². The van der Waals surface area contributed by atoms with Crippen molar-refractivity contribution in [1.29, 1.82) is 0 Å². The number of hydrogen-bond donors (Lipinski definition) is 1. The van der Waals surface area contributed by atoms with E-state index in [0.717, 1.165) is 18.2 Å². The molecule has 164 valence electrons. The van der Waals surface area contributed by atoms with Gasteiger partial charge in [0.1, 0.15) is 0 Å². The molecule has 2 aromatic carbocycles. The van der Waals surface area contributed by atoms with Crippen molar-refractivity contribution >= 4 is 16.0 Å². The molecule has 3 aromatic rings. The molecule has 0 saturated carbocycles. The molecule has 1 aromatic heterocycles. The lowest BCUT2D eigenvalue weighted by atomic mass is 10.1. The van der Waals surface area contributed by atoms with Crippen LogP contribution >= 0.6 is 0 Å². The number of aryl methyl sites for hydroxylation is 1. The van der Waals surface area contributed by atoms with Crippen LogP contribution in [0.2, 0.25) is 0 Å². The summed E-state index contributed by atoms with van der Waals surface area (Å²) in [6.45, 7) is 2.93. The number of carbonyl (C=O) groups is 1. The number of esters is 1. The zero-order valence-electron chi connectivity index (χ0n) is 16.2. The van der Waals surface area contributed by atoms with Gasteiger partial charge in [0.05, 0.1) is 16.0 Å². The Morgan fingerprint density at radius 2 is 1.90 bits per heavy atom. The van der Waals surface area contributed by atoms with Crippen LogP contribution in [0.1, 0.15) is 40.4 Å². The second kappa shape index (κ2) is 8.12. The Morgan fingerprint density at radius 1 is 1.19 bits per heavy atom. The molecule has 0 saturated heterocycles. The molecule has 0 fully saturated rings. The number of nitrogens with two attached hydrogens (primary N) is 1. The van der Waals surface area contributed by atoms with E-state index in [-0.39, 0.29) is 27.7 Å². The van der Waals surface area contributed by atoms with Gasteiger partial charge >= 0.3 is 12.1 Å². The van der Waals surface area contributed by atoms with Crippen molar-refractivity contribution in [2.75, 3.05) is 0 Å². The molecule has 1 atom stereocenters. The van der Waals surface area contributed by atoms with E-state index in [1.54, 1.807) is 0 Å². The predicted molar refractivity (Wildman–Crippen MR) is 101 cm³/mol. The summed E-state index contributed by atoms with van der Waals surface area (Å²) in [5, 5.41) is 8.76. The zero-order valence-corrected chi connectivity index (χ0v) is 17.0. The molecule has 0 aliphatic rings. The van der Waals surface area contributed by atoms with Gasteiger partial charge in [0, 0.05) is 5.56 Å². The average molecular weight is 455 g/mol. The van der Waals surface area contributed by atoms with Gasteiger partial charge in [0.25, 0.3) is 5.89 Å². The summed E-state index contributed by atoms with van der Waals surface area (Å²) in [5.41, 5.74) is -0.519. The molecule has 1 heterocycles. The Kier molecular flexibility index (Phi) is 5.87. The monoisotopic (exact) mass is 455 g/mol. The quantitative estimate of drug-likeness (QED) is 0.582. The van der Waals surface area contributed by atoms with Crippen LogP contribution in [0.5, 0.6) is 0 Å². The van der Waals surface area contributed by atoms with Crippen LogP contribution in [0.15, 0.2) is 51.9 Å². The van der Waals surface area contributed by atoms with Gasteiger partial charge in [0.2, 0.25) is 15.8 Å². The molecule has 2 N–H and O–H groups in total. The number of hydrogen-bond acceptors (Lipinski definition) is 7. The summed E-state index contributed by atoms with van der Waals surface area (Å²) >= 11 is 0. The van der Waals surface area contributed by atoms with E-state index >= 15 is 0 Å². The topological polar surface area (TPSA) is 125 Å². The maximum atomic E-state index is 12.9. The third-order valence-electron chi connectivity index (χ3n) is 4.25. The maximum absolute atomic E-state index is 12.9. The number of sulfonamides is 1. The van der Waals surface area contributed by atoms with Crippen LogP contribution in [-0.4, -0.2) is 24.5 Å². The molecule has 12 heteroatoms. The molecule has 0 bridgehead atoms. The van der Waals surface area contributed by atoms with E-state index in [9.17, 15) is 26.4 Å². The highest BCUT2D eigenvalue weighted by Gasteiger charge is 2.31. The van der Waals surface area contributed by atoms with Gasteiger partial charge in [0.15, 0.2) is 6.10 Å². The lowest BCUT2D eigenvalue weighted by Gasteiger charge is -2.10. The molecule has 31 heavy (non-hydrogen) atoms. The number of halogens is 3. The van der Waals surface area contributed by atoms with Crippen molar-refractivity contribution in [3.63, 3.8) is 0 Å². The van der Waals surface area contributed by atoms with Crippen molar-refractivity contribution in [3.05, 3.63) is 65.0 Å². The van der Waals surface area contributed by atoms with Gasteiger partial charge in [-0.05, 0) is 43.7 Å². The first-order chi connectivity index (χ1) is 14.4. The minimum atomic E-state index is -4.53. The molecule has 0 amide bonds. The van der Waals surface area contributed by atoms with Crippen LogP contribution in [-0.2, 0) is 20.9 Å². The van der Waals surface area contributed by atoms with E-state index in [0.29, 0.717) is 5.56 Å². The predicted octanol–water partition coefficient (Wildman–Crippen LogP) is 3.63. The molecular weight excluding hydrogens is 439 g/mol. The van der Waals surface area contributed by atoms with Crippen molar-refractivity contribution in [2.45, 2.75) is 31.0 Å². The Morgan fingerprint density at radius 3 is 2.55 bits per heavy atom. The lowest BCUT2D eigenvalue weighted by molar-refractivity contribution is -0.137. The smallest absolute Gasteiger partial charge is 0.416 e. The first-order valence-electron chi connectivity index (χ1n) is 8.72. The second-order valence-electron chi connectivity index (χ2n) is 6.61. The normalized spacial score (nSPS) is 13.1. The molecule has 0 aliphatic carbocycles. The van der Waals surface area contributed by atoms with E-state index < -0.39 is 33.8 Å². The Labute approximate surface area is 174 Å². The van der Waals surface area contributed by atoms with Crippen LogP contribution < -0.4 is 5.14 Å². The van der Waals surface area contributed by atoms with Crippen molar-refractivity contribution in [3.8, 4) is 11.4 Å². The molecule has 0 spiro atoms. The number of rotatable bonds is 5. The second-order valence-corrected chi connectivity index (χ2v) is 8.14. The van der Waals surface area contributed by atoms with E-state index in [1.807, 2.05) is 0 Å². The maximum Gasteiger partial charge on any atom is 0.416 e. The number of nitrogens with zero attached hydrogens (tertiary/aromatic N) is 2. The molecule has 1 unspecified atom stereocenters. The Bertz CT molecular complexity index is 1240. The van der Waals surface area contributed by atoms with Crippen molar-refractivity contribution in [1.82, 2.24) is 10.1 Å². The molecular formula is C19H16F3N3O5S. The van der Waals surface area contributed by atoms with Crippen LogP contribution in [0.3, 0.4) is 0 Å². The highest BCUT2D eigenvalue weighted by atomic mass is 32.2. The zero-order chi connectivity index (χ0) is 23.0.